The van der Waals surface area contributed by atoms with Crippen LogP contribution in [0.1, 0.15) is 22.5 Å². The Balaban J connectivity index is 2.37. The Kier molecular flexibility index (Phi) is 4.36. The average molecular weight is 325 g/mol. The van der Waals surface area contributed by atoms with E-state index in [-0.39, 0.29) is 18.7 Å². The molecule has 0 fully saturated rings. The molecule has 2 rings (SSSR count). The van der Waals surface area contributed by atoms with Gasteiger partial charge in [-0.15, -0.1) is 0 Å². The molecule has 23 heavy (non-hydrogen) atoms. The molecule has 0 unspecified atom stereocenters. The molecule has 0 radical (unpaired) electrons. The highest BCUT2D eigenvalue weighted by atomic mass is 19.4. The number of alkyl halides is 3. The van der Waals surface area contributed by atoms with Gasteiger partial charge in [0.05, 0.1) is 23.9 Å². The van der Waals surface area contributed by atoms with Crippen LogP contribution in [-0.4, -0.2) is 19.9 Å². The van der Waals surface area contributed by atoms with Gasteiger partial charge in [-0.2, -0.15) is 23.5 Å². The molecule has 0 aliphatic heterocycles. The fraction of sp³-hybridized carbons (Fsp3) is 0.286. The smallest absolute Gasteiger partial charge is 0.257 e. The molecular formula is C14H12F3N4O2+. The van der Waals surface area contributed by atoms with E-state index >= 15 is 0 Å². The Morgan fingerprint density at radius 1 is 1.30 bits per heavy atom. The average Bonchev–Trinajstić information content (AvgIpc) is 2.79. The van der Waals surface area contributed by atoms with Gasteiger partial charge < -0.3 is 0 Å². The standard InChI is InChI=1S/C14H12F3N4O2/c1-9-12(21(22)23)13(14(15,16)17)19-20(9)8-11-4-2-10(3-5-11)6-7-18/h2-5H,6,8H2,1H3,(H,22,23)/q+1. The maximum atomic E-state index is 12.9. The number of nitrogens with zero attached hydrogens (tertiary/aromatic N) is 4. The molecule has 0 aliphatic carbocycles. The van der Waals surface area contributed by atoms with E-state index in [4.69, 9.17) is 10.5 Å². The number of halogens is 3. The van der Waals surface area contributed by atoms with Gasteiger partial charge in [0.15, 0.2) is 0 Å². The van der Waals surface area contributed by atoms with Gasteiger partial charge in [0.1, 0.15) is 5.69 Å². The van der Waals surface area contributed by atoms with E-state index in [0.717, 1.165) is 10.2 Å². The van der Waals surface area contributed by atoms with Gasteiger partial charge in [-0.1, -0.05) is 24.3 Å². The van der Waals surface area contributed by atoms with Crippen molar-refractivity contribution in [1.82, 2.24) is 9.78 Å². The van der Waals surface area contributed by atoms with E-state index in [1.165, 1.54) is 6.92 Å². The lowest BCUT2D eigenvalue weighted by atomic mass is 10.1. The summed E-state index contributed by atoms with van der Waals surface area (Å²) in [6.07, 6.45) is -4.62. The van der Waals surface area contributed by atoms with E-state index in [1.54, 1.807) is 24.3 Å². The van der Waals surface area contributed by atoms with Crippen LogP contribution in [0.25, 0.3) is 0 Å². The first-order chi connectivity index (χ1) is 10.7. The van der Waals surface area contributed by atoms with Crippen LogP contribution in [0.3, 0.4) is 0 Å². The van der Waals surface area contributed by atoms with Crippen LogP contribution in [0.15, 0.2) is 24.3 Å². The largest absolute Gasteiger partial charge is 0.442 e. The van der Waals surface area contributed by atoms with E-state index < -0.39 is 22.5 Å². The van der Waals surface area contributed by atoms with Gasteiger partial charge in [0, 0.05) is 0 Å². The van der Waals surface area contributed by atoms with Gasteiger partial charge >= 0.3 is 11.9 Å². The third-order valence-electron chi connectivity index (χ3n) is 3.27. The van der Waals surface area contributed by atoms with Crippen molar-refractivity contribution in [2.45, 2.75) is 26.1 Å². The van der Waals surface area contributed by atoms with Crippen molar-refractivity contribution in [2.75, 3.05) is 0 Å². The Morgan fingerprint density at radius 2 is 1.87 bits per heavy atom. The first kappa shape index (κ1) is 16.5. The molecule has 1 N–H and O–H groups in total. The summed E-state index contributed by atoms with van der Waals surface area (Å²) in [5.74, 6) is 0. The zero-order valence-corrected chi connectivity index (χ0v) is 12.0. The lowest BCUT2D eigenvalue weighted by Gasteiger charge is -2.04. The van der Waals surface area contributed by atoms with Crippen LogP contribution in [0, 0.1) is 23.2 Å². The lowest BCUT2D eigenvalue weighted by molar-refractivity contribution is -0.730. The van der Waals surface area contributed by atoms with Crippen LogP contribution < -0.4 is 0 Å². The minimum Gasteiger partial charge on any atom is -0.257 e. The first-order valence-corrected chi connectivity index (χ1v) is 6.49. The number of rotatable bonds is 4. The molecular weight excluding hydrogens is 313 g/mol. The van der Waals surface area contributed by atoms with Crippen LogP contribution >= 0.6 is 0 Å². The summed E-state index contributed by atoms with van der Waals surface area (Å²) in [5, 5.41) is 20.9. The second-order valence-electron chi connectivity index (χ2n) is 4.86. The summed E-state index contributed by atoms with van der Waals surface area (Å²) in [6, 6.07) is 8.69. The molecule has 1 aromatic carbocycles. The molecule has 120 valence electrons. The molecule has 6 nitrogen and oxygen atoms in total. The number of hydrogen-bond donors (Lipinski definition) is 1. The lowest BCUT2D eigenvalue weighted by Crippen LogP contribution is -2.10. The van der Waals surface area contributed by atoms with Crippen molar-refractivity contribution in [3.05, 3.63) is 51.7 Å². The molecule has 0 saturated carbocycles. The first-order valence-electron chi connectivity index (χ1n) is 6.49. The molecule has 0 aliphatic rings. The van der Waals surface area contributed by atoms with Crippen LogP contribution in [0.4, 0.5) is 18.9 Å². The van der Waals surface area contributed by atoms with Crippen molar-refractivity contribution >= 4 is 5.69 Å². The van der Waals surface area contributed by atoms with Crippen molar-refractivity contribution in [2.24, 2.45) is 0 Å². The van der Waals surface area contributed by atoms with Gasteiger partial charge in [-0.05, 0) is 18.1 Å². The topological polar surface area (TPSA) is 81.9 Å². The Hall–Kier alpha value is -2.89. The van der Waals surface area contributed by atoms with Crippen molar-refractivity contribution in [3.63, 3.8) is 0 Å². The number of aromatic nitrogens is 2. The maximum absolute atomic E-state index is 12.9. The molecule has 0 atom stereocenters. The number of hydrogen-bond acceptors (Lipinski definition) is 3. The van der Waals surface area contributed by atoms with Gasteiger partial charge in [0.25, 0.3) is 4.92 Å². The molecule has 0 saturated heterocycles. The zero-order chi connectivity index (χ0) is 17.2. The Morgan fingerprint density at radius 3 is 2.30 bits per heavy atom. The SMILES string of the molecule is Cc1c([N+](=O)O)c(C(F)(F)F)nn1Cc1ccc(CC#N)cc1. The molecule has 2 aromatic rings. The summed E-state index contributed by atoms with van der Waals surface area (Å²) in [4.78, 5) is 10.2. The molecule has 0 spiro atoms. The minimum atomic E-state index is -4.85. The fourth-order valence-electron chi connectivity index (χ4n) is 2.14. The predicted molar refractivity (Wildman–Crippen MR) is 71.9 cm³/mol. The third kappa shape index (κ3) is 3.48. The predicted octanol–water partition coefficient (Wildman–Crippen LogP) is 3.12. The summed E-state index contributed by atoms with van der Waals surface area (Å²) in [5.41, 5.74) is -1.03. The molecule has 1 aromatic heterocycles. The van der Waals surface area contributed by atoms with Crippen LogP contribution in [0.5, 0.6) is 0 Å². The molecule has 0 bridgehead atoms. The van der Waals surface area contributed by atoms with E-state index in [0.29, 0.717) is 5.56 Å². The molecule has 0 amide bonds. The van der Waals surface area contributed by atoms with E-state index in [1.807, 2.05) is 6.07 Å². The molecule has 9 heteroatoms. The zero-order valence-electron chi connectivity index (χ0n) is 12.0. The Labute approximate surface area is 128 Å². The second-order valence-corrected chi connectivity index (χ2v) is 4.86. The van der Waals surface area contributed by atoms with E-state index in [9.17, 15) is 18.1 Å². The van der Waals surface area contributed by atoms with Crippen molar-refractivity contribution < 1.29 is 23.3 Å². The monoisotopic (exact) mass is 325 g/mol. The van der Waals surface area contributed by atoms with Gasteiger partial charge in [0.2, 0.25) is 5.69 Å². The van der Waals surface area contributed by atoms with Crippen LogP contribution in [-0.2, 0) is 19.1 Å². The highest BCUT2D eigenvalue weighted by Gasteiger charge is 2.46. The second kappa shape index (κ2) is 6.08. The van der Waals surface area contributed by atoms with Gasteiger partial charge in [-0.25, -0.2) is 5.21 Å². The minimum absolute atomic E-state index is 0.00438. The molecule has 1 heterocycles. The Bertz CT molecular complexity index is 773. The van der Waals surface area contributed by atoms with Crippen molar-refractivity contribution in [3.8, 4) is 6.07 Å². The van der Waals surface area contributed by atoms with E-state index in [2.05, 4.69) is 5.10 Å². The summed E-state index contributed by atoms with van der Waals surface area (Å²) in [6.45, 7) is 1.26. The fourth-order valence-corrected chi connectivity index (χ4v) is 2.14. The number of nitriles is 1. The highest BCUT2D eigenvalue weighted by molar-refractivity contribution is 5.42. The number of benzene rings is 1. The maximum Gasteiger partial charge on any atom is 0.442 e. The summed E-state index contributed by atoms with van der Waals surface area (Å²) in [7, 11) is 0. The highest BCUT2D eigenvalue weighted by Crippen LogP contribution is 2.36. The van der Waals surface area contributed by atoms with Gasteiger partial charge in [-0.3, -0.25) is 4.68 Å². The summed E-state index contributed by atoms with van der Waals surface area (Å²) < 4.78 is 39.7. The normalized spacial score (nSPS) is 11.3. The summed E-state index contributed by atoms with van der Waals surface area (Å²) >= 11 is 0. The quantitative estimate of drug-likeness (QED) is 0.876. The van der Waals surface area contributed by atoms with Crippen LogP contribution in [0.2, 0.25) is 0 Å². The third-order valence-corrected chi connectivity index (χ3v) is 3.27. The van der Waals surface area contributed by atoms with Crippen molar-refractivity contribution in [1.29, 1.82) is 5.26 Å².